The normalized spacial score (nSPS) is 14.7. The van der Waals surface area contributed by atoms with Gasteiger partial charge in [-0.25, -0.2) is 9.67 Å². The van der Waals surface area contributed by atoms with Crippen LogP contribution in [-0.2, 0) is 16.9 Å². The molecule has 7 nitrogen and oxygen atoms in total. The maximum atomic E-state index is 12.7. The van der Waals surface area contributed by atoms with Crippen molar-refractivity contribution in [3.05, 3.63) is 76.7 Å². The van der Waals surface area contributed by atoms with Gasteiger partial charge in [-0.3, -0.25) is 9.59 Å². The maximum absolute atomic E-state index is 12.7. The summed E-state index contributed by atoms with van der Waals surface area (Å²) in [5.74, 6) is -0.535. The summed E-state index contributed by atoms with van der Waals surface area (Å²) < 4.78 is 29.8. The molecule has 0 unspecified atom stereocenters. The first kappa shape index (κ1) is 20.6. The largest absolute Gasteiger partial charge is 0.417 e. The fraction of sp³-hybridized carbons (Fsp3) is 0.273. The number of nitrogens with zero attached hydrogens (tertiary/aromatic N) is 3. The first-order chi connectivity index (χ1) is 14.9. The van der Waals surface area contributed by atoms with Crippen LogP contribution in [0.1, 0.15) is 24.8 Å². The topological polar surface area (TPSA) is 86.1 Å². The molecule has 0 bridgehead atoms. The Balaban J connectivity index is 1.50. The second-order valence-electron chi connectivity index (χ2n) is 7.33. The van der Waals surface area contributed by atoms with Crippen LogP contribution < -0.4 is 15.6 Å². The van der Waals surface area contributed by atoms with Gasteiger partial charge in [-0.2, -0.15) is 13.9 Å². The van der Waals surface area contributed by atoms with Gasteiger partial charge in [0.1, 0.15) is 6.54 Å². The SMILES string of the molecule is O=C(Cn1nc(-c2ccc(OC(F)F)nc2)ccc1=O)NC1(c2ccccc2)CCC1. The zero-order chi connectivity index (χ0) is 21.8. The number of hydrogen-bond donors (Lipinski definition) is 1. The zero-order valence-corrected chi connectivity index (χ0v) is 16.5. The molecular formula is C22H20F2N4O3. The van der Waals surface area contributed by atoms with Gasteiger partial charge in [-0.05, 0) is 37.0 Å². The van der Waals surface area contributed by atoms with Crippen molar-refractivity contribution in [1.82, 2.24) is 20.1 Å². The predicted octanol–water partition coefficient (Wildman–Crippen LogP) is 3.10. The Morgan fingerprint density at radius 1 is 1.13 bits per heavy atom. The van der Waals surface area contributed by atoms with Crippen LogP contribution in [0.2, 0.25) is 0 Å². The highest BCUT2D eigenvalue weighted by atomic mass is 19.3. The Bertz CT molecular complexity index is 1110. The zero-order valence-electron chi connectivity index (χ0n) is 16.5. The molecule has 0 saturated heterocycles. The molecule has 1 N–H and O–H groups in total. The van der Waals surface area contributed by atoms with Gasteiger partial charge in [0.2, 0.25) is 11.8 Å². The number of benzene rings is 1. The van der Waals surface area contributed by atoms with E-state index in [1.807, 2.05) is 30.3 Å². The van der Waals surface area contributed by atoms with Gasteiger partial charge in [-0.15, -0.1) is 0 Å². The van der Waals surface area contributed by atoms with Crippen molar-refractivity contribution in [2.45, 2.75) is 38.0 Å². The van der Waals surface area contributed by atoms with Gasteiger partial charge in [-0.1, -0.05) is 30.3 Å². The van der Waals surface area contributed by atoms with E-state index in [1.54, 1.807) is 0 Å². The van der Waals surface area contributed by atoms with Crippen LogP contribution in [0.3, 0.4) is 0 Å². The van der Waals surface area contributed by atoms with Crippen LogP contribution >= 0.6 is 0 Å². The lowest BCUT2D eigenvalue weighted by Crippen LogP contribution is -2.52. The molecule has 4 rings (SSSR count). The molecule has 0 radical (unpaired) electrons. The van der Waals surface area contributed by atoms with Crippen LogP contribution in [0.4, 0.5) is 8.78 Å². The first-order valence-corrected chi connectivity index (χ1v) is 9.81. The number of carbonyl (C=O) groups excluding carboxylic acids is 1. The number of rotatable bonds is 7. The minimum Gasteiger partial charge on any atom is -0.417 e. The van der Waals surface area contributed by atoms with Crippen molar-refractivity contribution in [2.24, 2.45) is 0 Å². The third-order valence-electron chi connectivity index (χ3n) is 5.31. The average molecular weight is 426 g/mol. The van der Waals surface area contributed by atoms with E-state index < -0.39 is 17.7 Å². The molecule has 9 heteroatoms. The molecule has 1 saturated carbocycles. The Kier molecular flexibility index (Phi) is 5.75. The van der Waals surface area contributed by atoms with Gasteiger partial charge >= 0.3 is 6.61 Å². The standard InChI is InChI=1S/C22H20F2N4O3/c23-21(24)31-19-9-7-15(13-25-19)17-8-10-20(30)28(27-17)14-18(29)26-22(11-4-12-22)16-5-2-1-3-6-16/h1-3,5-10,13,21H,4,11-12,14H2,(H,26,29). The van der Waals surface area contributed by atoms with E-state index in [1.165, 1.54) is 30.5 Å². The molecule has 1 amide bonds. The van der Waals surface area contributed by atoms with E-state index in [2.05, 4.69) is 20.1 Å². The highest BCUT2D eigenvalue weighted by molar-refractivity contribution is 5.77. The predicted molar refractivity (Wildman–Crippen MR) is 108 cm³/mol. The van der Waals surface area contributed by atoms with Crippen LogP contribution in [0.25, 0.3) is 11.3 Å². The molecular weight excluding hydrogens is 406 g/mol. The molecule has 2 aromatic heterocycles. The van der Waals surface area contributed by atoms with Crippen molar-refractivity contribution in [2.75, 3.05) is 0 Å². The van der Waals surface area contributed by atoms with Crippen molar-refractivity contribution in [1.29, 1.82) is 0 Å². The van der Waals surface area contributed by atoms with Crippen molar-refractivity contribution >= 4 is 5.91 Å². The summed E-state index contributed by atoms with van der Waals surface area (Å²) in [5.41, 5.74) is 1.08. The van der Waals surface area contributed by atoms with E-state index in [9.17, 15) is 18.4 Å². The highest BCUT2D eigenvalue weighted by Crippen LogP contribution is 2.41. The molecule has 0 aliphatic heterocycles. The number of amides is 1. The van der Waals surface area contributed by atoms with E-state index in [4.69, 9.17) is 0 Å². The summed E-state index contributed by atoms with van der Waals surface area (Å²) in [6, 6.07) is 15.3. The average Bonchev–Trinajstić information content (AvgIpc) is 2.73. The van der Waals surface area contributed by atoms with E-state index >= 15 is 0 Å². The van der Waals surface area contributed by atoms with E-state index in [0.29, 0.717) is 11.3 Å². The Morgan fingerprint density at radius 3 is 2.52 bits per heavy atom. The number of ether oxygens (including phenoxy) is 1. The van der Waals surface area contributed by atoms with Gasteiger partial charge in [0.25, 0.3) is 5.56 Å². The summed E-state index contributed by atoms with van der Waals surface area (Å²) in [6.07, 6.45) is 4.00. The summed E-state index contributed by atoms with van der Waals surface area (Å²) in [7, 11) is 0. The van der Waals surface area contributed by atoms with Gasteiger partial charge in [0, 0.05) is 23.9 Å². The molecule has 3 aromatic rings. The molecule has 1 fully saturated rings. The number of halogens is 2. The van der Waals surface area contributed by atoms with E-state index in [-0.39, 0.29) is 18.3 Å². The Morgan fingerprint density at radius 2 is 1.90 bits per heavy atom. The lowest BCUT2D eigenvalue weighted by Gasteiger charge is -2.43. The molecule has 0 atom stereocenters. The second kappa shape index (κ2) is 8.63. The quantitative estimate of drug-likeness (QED) is 0.628. The summed E-state index contributed by atoms with van der Waals surface area (Å²) in [4.78, 5) is 28.8. The Labute approximate surface area is 176 Å². The van der Waals surface area contributed by atoms with Crippen LogP contribution in [0, 0.1) is 0 Å². The van der Waals surface area contributed by atoms with Gasteiger partial charge in [0.15, 0.2) is 0 Å². The first-order valence-electron chi connectivity index (χ1n) is 9.81. The molecule has 1 aliphatic carbocycles. The highest BCUT2D eigenvalue weighted by Gasteiger charge is 2.39. The van der Waals surface area contributed by atoms with Crippen molar-refractivity contribution in [3.63, 3.8) is 0 Å². The smallest absolute Gasteiger partial charge is 0.388 e. The minimum absolute atomic E-state index is 0.224. The molecule has 0 spiro atoms. The maximum Gasteiger partial charge on any atom is 0.388 e. The number of nitrogens with one attached hydrogen (secondary N) is 1. The van der Waals surface area contributed by atoms with E-state index in [0.717, 1.165) is 29.5 Å². The molecule has 2 heterocycles. The number of pyridine rings is 1. The van der Waals surface area contributed by atoms with Crippen molar-refractivity contribution < 1.29 is 18.3 Å². The number of alkyl halides is 2. The lowest BCUT2D eigenvalue weighted by atomic mass is 9.72. The Hall–Kier alpha value is -3.62. The van der Waals surface area contributed by atoms with Crippen LogP contribution in [0.5, 0.6) is 5.88 Å². The third kappa shape index (κ3) is 4.60. The third-order valence-corrected chi connectivity index (χ3v) is 5.31. The van der Waals surface area contributed by atoms with Gasteiger partial charge in [0.05, 0.1) is 11.2 Å². The van der Waals surface area contributed by atoms with Crippen LogP contribution in [0.15, 0.2) is 65.6 Å². The summed E-state index contributed by atoms with van der Waals surface area (Å²) >= 11 is 0. The number of hydrogen-bond acceptors (Lipinski definition) is 5. The fourth-order valence-corrected chi connectivity index (χ4v) is 3.62. The molecule has 31 heavy (non-hydrogen) atoms. The summed E-state index contributed by atoms with van der Waals surface area (Å²) in [6.45, 7) is -3.20. The number of carbonyl (C=O) groups is 1. The summed E-state index contributed by atoms with van der Waals surface area (Å²) in [5, 5.41) is 7.30. The second-order valence-corrected chi connectivity index (χ2v) is 7.33. The lowest BCUT2D eigenvalue weighted by molar-refractivity contribution is -0.125. The fourth-order valence-electron chi connectivity index (χ4n) is 3.62. The van der Waals surface area contributed by atoms with Gasteiger partial charge < -0.3 is 10.1 Å². The number of aromatic nitrogens is 3. The molecule has 1 aliphatic rings. The molecule has 160 valence electrons. The monoisotopic (exact) mass is 426 g/mol. The van der Waals surface area contributed by atoms with Crippen LogP contribution in [-0.4, -0.2) is 27.3 Å². The van der Waals surface area contributed by atoms with Crippen molar-refractivity contribution in [3.8, 4) is 17.1 Å². The molecule has 1 aromatic carbocycles. The minimum atomic E-state index is -2.97.